The van der Waals surface area contributed by atoms with E-state index in [4.69, 9.17) is 5.73 Å². The minimum absolute atomic E-state index is 0.193. The number of nitrogens with two attached hydrogens (primary N) is 1. The second-order valence-corrected chi connectivity index (χ2v) is 4.32. The number of aromatic amines is 1. The van der Waals surface area contributed by atoms with Crippen LogP contribution in [0.2, 0.25) is 0 Å². The zero-order valence-corrected chi connectivity index (χ0v) is 10.1. The first-order valence-electron chi connectivity index (χ1n) is 5.03. The fraction of sp³-hybridized carbons (Fsp3) is 0.182. The van der Waals surface area contributed by atoms with Crippen molar-refractivity contribution in [2.45, 2.75) is 11.6 Å². The molecule has 1 aromatic heterocycles. The molecule has 17 heavy (non-hydrogen) atoms. The van der Waals surface area contributed by atoms with Crippen LogP contribution in [-0.2, 0) is 6.42 Å². The van der Waals surface area contributed by atoms with Crippen LogP contribution in [0.5, 0.6) is 0 Å². The smallest absolute Gasteiger partial charge is 0.273 e. The third-order valence-corrected chi connectivity index (χ3v) is 2.86. The molecule has 0 bridgehead atoms. The Morgan fingerprint density at radius 3 is 2.59 bits per heavy atom. The molecule has 1 aromatic carbocycles. The van der Waals surface area contributed by atoms with Crippen LogP contribution in [0, 0.1) is 0 Å². The summed E-state index contributed by atoms with van der Waals surface area (Å²) in [6.07, 6.45) is 2.29. The lowest BCUT2D eigenvalue weighted by atomic mass is 10.1. The van der Waals surface area contributed by atoms with Gasteiger partial charge in [-0.15, -0.1) is 10.2 Å². The average molecular weight is 248 g/mol. The van der Waals surface area contributed by atoms with Gasteiger partial charge in [-0.05, 0) is 24.0 Å². The monoisotopic (exact) mass is 248 g/mol. The molecule has 3 N–H and O–H groups in total. The summed E-state index contributed by atoms with van der Waals surface area (Å²) >= 11 is 1.35. The molecule has 0 aliphatic heterocycles. The summed E-state index contributed by atoms with van der Waals surface area (Å²) < 4.78 is 0. The third-order valence-electron chi connectivity index (χ3n) is 2.29. The molecule has 0 atom stereocenters. The quantitative estimate of drug-likeness (QED) is 0.626. The van der Waals surface area contributed by atoms with E-state index in [1.165, 1.54) is 11.8 Å². The fourth-order valence-electron chi connectivity index (χ4n) is 1.38. The summed E-state index contributed by atoms with van der Waals surface area (Å²) in [4.78, 5) is 14.3. The number of aromatic nitrogens is 3. The van der Waals surface area contributed by atoms with Crippen LogP contribution in [0.3, 0.4) is 0 Å². The Hall–Kier alpha value is -1.82. The SMILES string of the molecule is CSc1nnc(Cc2ccc(N)cc2)c(=O)[nH]1. The van der Waals surface area contributed by atoms with Crippen LogP contribution in [0.4, 0.5) is 5.69 Å². The van der Waals surface area contributed by atoms with Crippen molar-refractivity contribution < 1.29 is 0 Å². The highest BCUT2D eigenvalue weighted by molar-refractivity contribution is 7.98. The lowest BCUT2D eigenvalue weighted by Gasteiger charge is -2.01. The summed E-state index contributed by atoms with van der Waals surface area (Å²) in [5.41, 5.74) is 7.49. The van der Waals surface area contributed by atoms with E-state index in [1.54, 1.807) is 12.1 Å². The van der Waals surface area contributed by atoms with Gasteiger partial charge in [0.1, 0.15) is 5.69 Å². The number of nitrogens with one attached hydrogen (secondary N) is 1. The predicted octanol–water partition coefficient (Wildman–Crippen LogP) is 1.06. The van der Waals surface area contributed by atoms with Gasteiger partial charge in [0, 0.05) is 12.1 Å². The zero-order valence-electron chi connectivity index (χ0n) is 9.30. The van der Waals surface area contributed by atoms with E-state index in [9.17, 15) is 4.79 Å². The highest BCUT2D eigenvalue weighted by atomic mass is 32.2. The Bertz CT molecular complexity index is 564. The van der Waals surface area contributed by atoms with Crippen molar-refractivity contribution in [3.05, 3.63) is 45.9 Å². The summed E-state index contributed by atoms with van der Waals surface area (Å²) in [5, 5.41) is 8.35. The Kier molecular flexibility index (Phi) is 3.43. The molecule has 0 unspecified atom stereocenters. The number of H-pyrrole nitrogens is 1. The van der Waals surface area contributed by atoms with E-state index in [2.05, 4.69) is 15.2 Å². The molecule has 88 valence electrons. The van der Waals surface area contributed by atoms with Crippen LogP contribution in [0.15, 0.2) is 34.2 Å². The number of nitrogens with zero attached hydrogens (tertiary/aromatic N) is 2. The van der Waals surface area contributed by atoms with Gasteiger partial charge in [-0.1, -0.05) is 23.9 Å². The molecule has 5 nitrogen and oxygen atoms in total. The summed E-state index contributed by atoms with van der Waals surface area (Å²) in [6.45, 7) is 0. The first-order chi connectivity index (χ1) is 8.19. The lowest BCUT2D eigenvalue weighted by molar-refractivity contribution is 0.773. The number of rotatable bonds is 3. The summed E-state index contributed by atoms with van der Waals surface area (Å²) in [7, 11) is 0. The summed E-state index contributed by atoms with van der Waals surface area (Å²) in [6, 6.07) is 7.35. The van der Waals surface area contributed by atoms with Crippen LogP contribution in [-0.4, -0.2) is 21.4 Å². The Morgan fingerprint density at radius 2 is 2.00 bits per heavy atom. The van der Waals surface area contributed by atoms with Crippen molar-refractivity contribution in [3.63, 3.8) is 0 Å². The van der Waals surface area contributed by atoms with Crippen LogP contribution in [0.25, 0.3) is 0 Å². The number of hydrogen-bond acceptors (Lipinski definition) is 5. The molecule has 0 radical (unpaired) electrons. The number of nitrogen functional groups attached to an aromatic ring is 1. The van der Waals surface area contributed by atoms with Crippen molar-refractivity contribution in [2.24, 2.45) is 0 Å². The molecule has 0 saturated carbocycles. The van der Waals surface area contributed by atoms with Crippen LogP contribution in [0.1, 0.15) is 11.3 Å². The van der Waals surface area contributed by atoms with Crippen LogP contribution >= 0.6 is 11.8 Å². The fourth-order valence-corrected chi connectivity index (χ4v) is 1.70. The lowest BCUT2D eigenvalue weighted by Crippen LogP contribution is -2.17. The van der Waals surface area contributed by atoms with E-state index in [1.807, 2.05) is 18.4 Å². The second kappa shape index (κ2) is 5.01. The van der Waals surface area contributed by atoms with Gasteiger partial charge in [-0.3, -0.25) is 9.78 Å². The third kappa shape index (κ3) is 2.85. The maximum atomic E-state index is 11.7. The average Bonchev–Trinajstić information content (AvgIpc) is 2.34. The molecule has 0 spiro atoms. The Labute approximate surface area is 102 Å². The maximum Gasteiger partial charge on any atom is 0.273 e. The molecule has 6 heteroatoms. The highest BCUT2D eigenvalue weighted by Gasteiger charge is 2.05. The molecule has 1 heterocycles. The van der Waals surface area contributed by atoms with Gasteiger partial charge in [0.15, 0.2) is 5.16 Å². The van der Waals surface area contributed by atoms with E-state index in [-0.39, 0.29) is 5.56 Å². The standard InChI is InChI=1S/C11H12N4OS/c1-17-11-13-10(16)9(14-15-11)6-7-2-4-8(12)5-3-7/h2-5H,6,12H2,1H3,(H,13,15,16). The maximum absolute atomic E-state index is 11.7. The number of thioether (sulfide) groups is 1. The first kappa shape index (κ1) is 11.7. The molecular weight excluding hydrogens is 236 g/mol. The predicted molar refractivity (Wildman–Crippen MR) is 68.1 cm³/mol. The largest absolute Gasteiger partial charge is 0.399 e. The van der Waals surface area contributed by atoms with Gasteiger partial charge in [-0.2, -0.15) is 0 Å². The molecule has 0 aliphatic carbocycles. The van der Waals surface area contributed by atoms with Gasteiger partial charge in [0.25, 0.3) is 5.56 Å². The minimum Gasteiger partial charge on any atom is -0.399 e. The van der Waals surface area contributed by atoms with E-state index in [0.717, 1.165) is 5.56 Å². The Morgan fingerprint density at radius 1 is 1.29 bits per heavy atom. The topological polar surface area (TPSA) is 84.7 Å². The number of hydrogen-bond donors (Lipinski definition) is 2. The minimum atomic E-state index is -0.193. The van der Waals surface area contributed by atoms with Crippen molar-refractivity contribution in [1.29, 1.82) is 0 Å². The molecule has 2 rings (SSSR count). The normalized spacial score (nSPS) is 10.4. The Balaban J connectivity index is 2.24. The van der Waals surface area contributed by atoms with Gasteiger partial charge in [0.2, 0.25) is 0 Å². The van der Waals surface area contributed by atoms with Gasteiger partial charge in [-0.25, -0.2) is 0 Å². The zero-order chi connectivity index (χ0) is 12.3. The molecular formula is C11H12N4OS. The van der Waals surface area contributed by atoms with E-state index < -0.39 is 0 Å². The molecule has 0 aliphatic rings. The van der Waals surface area contributed by atoms with E-state index in [0.29, 0.717) is 23.0 Å². The second-order valence-electron chi connectivity index (χ2n) is 3.53. The molecule has 0 saturated heterocycles. The molecule has 0 amide bonds. The van der Waals surface area contributed by atoms with Gasteiger partial charge >= 0.3 is 0 Å². The highest BCUT2D eigenvalue weighted by Crippen LogP contribution is 2.08. The first-order valence-corrected chi connectivity index (χ1v) is 6.26. The summed E-state index contributed by atoms with van der Waals surface area (Å²) in [5.74, 6) is 0. The van der Waals surface area contributed by atoms with Gasteiger partial charge in [0.05, 0.1) is 0 Å². The van der Waals surface area contributed by atoms with Crippen molar-refractivity contribution in [3.8, 4) is 0 Å². The number of benzene rings is 1. The number of anilines is 1. The molecule has 0 fully saturated rings. The van der Waals surface area contributed by atoms with Crippen molar-refractivity contribution in [1.82, 2.24) is 15.2 Å². The van der Waals surface area contributed by atoms with E-state index >= 15 is 0 Å². The van der Waals surface area contributed by atoms with Gasteiger partial charge < -0.3 is 5.73 Å². The molecule has 2 aromatic rings. The van der Waals surface area contributed by atoms with Crippen LogP contribution < -0.4 is 11.3 Å². The van der Waals surface area contributed by atoms with Crippen molar-refractivity contribution in [2.75, 3.05) is 12.0 Å². The van der Waals surface area contributed by atoms with Crippen molar-refractivity contribution >= 4 is 17.4 Å².